The lowest BCUT2D eigenvalue weighted by molar-refractivity contribution is 0.0679. The van der Waals surface area contributed by atoms with Crippen LogP contribution in [0.2, 0.25) is 0 Å². The summed E-state index contributed by atoms with van der Waals surface area (Å²) < 4.78 is 36.5. The second kappa shape index (κ2) is 5.77. The van der Waals surface area contributed by atoms with Crippen molar-refractivity contribution >= 4 is 15.7 Å². The van der Waals surface area contributed by atoms with Crippen LogP contribution < -0.4 is 15.2 Å². The zero-order valence-corrected chi connectivity index (χ0v) is 11.6. The molecule has 3 N–H and O–H groups in total. The summed E-state index contributed by atoms with van der Waals surface area (Å²) in [5.74, 6) is 0.544. The molecule has 106 valence electrons. The highest BCUT2D eigenvalue weighted by atomic mass is 32.2. The Labute approximate surface area is 112 Å². The smallest absolute Gasteiger partial charge is 0.242 e. The Hall–Kier alpha value is -1.31. The summed E-state index contributed by atoms with van der Waals surface area (Å²) in [6.45, 7) is 1.23. The molecule has 1 aromatic rings. The van der Waals surface area contributed by atoms with E-state index in [1.165, 1.54) is 19.2 Å². The number of benzene rings is 1. The van der Waals surface area contributed by atoms with Gasteiger partial charge in [-0.15, -0.1) is 0 Å². The van der Waals surface area contributed by atoms with Gasteiger partial charge in [-0.25, -0.2) is 13.1 Å². The molecule has 0 spiro atoms. The fourth-order valence-corrected chi connectivity index (χ4v) is 2.77. The highest BCUT2D eigenvalue weighted by Gasteiger charge is 2.18. The van der Waals surface area contributed by atoms with E-state index in [0.29, 0.717) is 12.4 Å². The SMILES string of the molecule is CNS(=O)(=O)c1ccc(OCC2CCCO2)cc1N. The van der Waals surface area contributed by atoms with E-state index in [0.717, 1.165) is 19.4 Å². The lowest BCUT2D eigenvalue weighted by Crippen LogP contribution is -2.20. The third kappa shape index (κ3) is 3.37. The number of ether oxygens (including phenoxy) is 2. The first kappa shape index (κ1) is 14.1. The summed E-state index contributed by atoms with van der Waals surface area (Å²) >= 11 is 0. The Morgan fingerprint density at radius 2 is 2.32 bits per heavy atom. The number of nitrogens with two attached hydrogens (primary N) is 1. The monoisotopic (exact) mass is 286 g/mol. The normalized spacial score (nSPS) is 19.5. The van der Waals surface area contributed by atoms with Gasteiger partial charge in [-0.05, 0) is 32.0 Å². The van der Waals surface area contributed by atoms with Gasteiger partial charge in [-0.2, -0.15) is 0 Å². The van der Waals surface area contributed by atoms with Crippen LogP contribution in [0.25, 0.3) is 0 Å². The molecule has 1 heterocycles. The maximum atomic E-state index is 11.6. The van der Waals surface area contributed by atoms with Crippen molar-refractivity contribution < 1.29 is 17.9 Å². The fraction of sp³-hybridized carbons (Fsp3) is 0.500. The Balaban J connectivity index is 2.06. The molecule has 2 rings (SSSR count). The van der Waals surface area contributed by atoms with E-state index in [2.05, 4.69) is 4.72 Å². The number of nitrogens with one attached hydrogen (secondary N) is 1. The number of anilines is 1. The summed E-state index contributed by atoms with van der Waals surface area (Å²) in [7, 11) is -2.19. The van der Waals surface area contributed by atoms with Crippen LogP contribution in [0.5, 0.6) is 5.75 Å². The third-order valence-corrected chi connectivity index (χ3v) is 4.49. The van der Waals surface area contributed by atoms with Crippen molar-refractivity contribution in [3.05, 3.63) is 18.2 Å². The van der Waals surface area contributed by atoms with Gasteiger partial charge in [0.1, 0.15) is 17.3 Å². The second-order valence-electron chi connectivity index (χ2n) is 4.35. The molecule has 0 aliphatic carbocycles. The lowest BCUT2D eigenvalue weighted by atomic mass is 10.2. The van der Waals surface area contributed by atoms with Crippen LogP contribution in [0.15, 0.2) is 23.1 Å². The van der Waals surface area contributed by atoms with Crippen molar-refractivity contribution in [1.29, 1.82) is 0 Å². The van der Waals surface area contributed by atoms with Gasteiger partial charge in [0.15, 0.2) is 0 Å². The van der Waals surface area contributed by atoms with E-state index in [9.17, 15) is 8.42 Å². The minimum Gasteiger partial charge on any atom is -0.491 e. The molecule has 1 unspecified atom stereocenters. The molecule has 1 aromatic carbocycles. The van der Waals surface area contributed by atoms with Crippen LogP contribution in [0.1, 0.15) is 12.8 Å². The molecule has 0 amide bonds. The maximum absolute atomic E-state index is 11.6. The minimum absolute atomic E-state index is 0.0551. The van der Waals surface area contributed by atoms with Crippen molar-refractivity contribution in [2.24, 2.45) is 0 Å². The van der Waals surface area contributed by atoms with E-state index >= 15 is 0 Å². The van der Waals surface area contributed by atoms with E-state index in [1.54, 1.807) is 6.07 Å². The van der Waals surface area contributed by atoms with Gasteiger partial charge in [0.2, 0.25) is 10.0 Å². The number of hydrogen-bond acceptors (Lipinski definition) is 5. The number of nitrogen functional groups attached to an aromatic ring is 1. The van der Waals surface area contributed by atoms with Crippen LogP contribution >= 0.6 is 0 Å². The first-order valence-corrected chi connectivity index (χ1v) is 7.59. The largest absolute Gasteiger partial charge is 0.491 e. The van der Waals surface area contributed by atoms with Gasteiger partial charge in [0, 0.05) is 12.7 Å². The van der Waals surface area contributed by atoms with E-state index in [-0.39, 0.29) is 16.7 Å². The van der Waals surface area contributed by atoms with Crippen LogP contribution in [-0.2, 0) is 14.8 Å². The van der Waals surface area contributed by atoms with Crippen molar-refractivity contribution in [2.75, 3.05) is 26.0 Å². The van der Waals surface area contributed by atoms with Crippen molar-refractivity contribution in [3.8, 4) is 5.75 Å². The average molecular weight is 286 g/mol. The maximum Gasteiger partial charge on any atom is 0.242 e. The number of hydrogen-bond donors (Lipinski definition) is 2. The van der Waals surface area contributed by atoms with E-state index in [1.807, 2.05) is 0 Å². The van der Waals surface area contributed by atoms with Crippen LogP contribution in [0.4, 0.5) is 5.69 Å². The highest BCUT2D eigenvalue weighted by Crippen LogP contribution is 2.24. The summed E-state index contributed by atoms with van der Waals surface area (Å²) in [5.41, 5.74) is 5.90. The topological polar surface area (TPSA) is 90.7 Å². The lowest BCUT2D eigenvalue weighted by Gasteiger charge is -2.13. The Morgan fingerprint density at radius 1 is 1.53 bits per heavy atom. The first-order chi connectivity index (χ1) is 9.03. The molecule has 6 nitrogen and oxygen atoms in total. The van der Waals surface area contributed by atoms with E-state index in [4.69, 9.17) is 15.2 Å². The zero-order chi connectivity index (χ0) is 13.9. The molecule has 0 bridgehead atoms. The molecule has 1 aliphatic heterocycles. The molecule has 1 aliphatic rings. The minimum atomic E-state index is -3.53. The average Bonchev–Trinajstić information content (AvgIpc) is 2.89. The zero-order valence-electron chi connectivity index (χ0n) is 10.8. The first-order valence-electron chi connectivity index (χ1n) is 6.10. The van der Waals surface area contributed by atoms with Gasteiger partial charge in [-0.3, -0.25) is 0 Å². The van der Waals surface area contributed by atoms with Gasteiger partial charge in [-0.1, -0.05) is 0 Å². The Kier molecular flexibility index (Phi) is 4.28. The molecular weight excluding hydrogens is 268 g/mol. The van der Waals surface area contributed by atoms with Gasteiger partial charge < -0.3 is 15.2 Å². The van der Waals surface area contributed by atoms with Crippen LogP contribution in [0.3, 0.4) is 0 Å². The number of rotatable bonds is 5. The third-order valence-electron chi connectivity index (χ3n) is 3.00. The van der Waals surface area contributed by atoms with Gasteiger partial charge in [0.05, 0.1) is 11.8 Å². The second-order valence-corrected chi connectivity index (χ2v) is 6.21. The summed E-state index contributed by atoms with van der Waals surface area (Å²) in [5, 5.41) is 0. The van der Waals surface area contributed by atoms with Crippen molar-refractivity contribution in [1.82, 2.24) is 4.72 Å². The van der Waals surface area contributed by atoms with Crippen LogP contribution in [0, 0.1) is 0 Å². The Bertz CT molecular complexity index is 539. The molecule has 0 saturated carbocycles. The molecular formula is C12H18N2O4S. The van der Waals surface area contributed by atoms with Crippen molar-refractivity contribution in [2.45, 2.75) is 23.8 Å². The summed E-state index contributed by atoms with van der Waals surface area (Å²) in [6, 6.07) is 4.54. The van der Waals surface area contributed by atoms with E-state index < -0.39 is 10.0 Å². The quantitative estimate of drug-likeness (QED) is 0.779. The molecule has 0 aromatic heterocycles. The molecule has 1 atom stereocenters. The standard InChI is InChI=1S/C12H18N2O4S/c1-14-19(15,16)12-5-4-9(7-11(12)13)18-8-10-3-2-6-17-10/h4-5,7,10,14H,2-3,6,8,13H2,1H3. The molecule has 19 heavy (non-hydrogen) atoms. The Morgan fingerprint density at radius 3 is 2.89 bits per heavy atom. The molecule has 7 heteroatoms. The molecule has 0 radical (unpaired) electrons. The van der Waals surface area contributed by atoms with Crippen LogP contribution in [-0.4, -0.2) is 34.8 Å². The highest BCUT2D eigenvalue weighted by molar-refractivity contribution is 7.89. The van der Waals surface area contributed by atoms with Gasteiger partial charge >= 0.3 is 0 Å². The summed E-state index contributed by atoms with van der Waals surface area (Å²) in [4.78, 5) is 0.0551. The predicted octanol–water partition coefficient (Wildman–Crippen LogP) is 0.735. The van der Waals surface area contributed by atoms with Gasteiger partial charge in [0.25, 0.3) is 0 Å². The fourth-order valence-electron chi connectivity index (χ4n) is 1.94. The van der Waals surface area contributed by atoms with Crippen molar-refractivity contribution in [3.63, 3.8) is 0 Å². The molecule has 1 fully saturated rings. The predicted molar refractivity (Wildman–Crippen MR) is 71.6 cm³/mol. The summed E-state index contributed by atoms with van der Waals surface area (Å²) in [6.07, 6.45) is 2.15. The number of sulfonamides is 1. The molecule has 1 saturated heterocycles.